The van der Waals surface area contributed by atoms with Crippen LogP contribution in [0.4, 0.5) is 26.4 Å². The Morgan fingerprint density at radius 3 is 2.71 bits per heavy atom. The van der Waals surface area contributed by atoms with Gasteiger partial charge < -0.3 is 30.2 Å². The van der Waals surface area contributed by atoms with Gasteiger partial charge in [-0.2, -0.15) is 19.5 Å². The zero-order chi connectivity index (χ0) is 26.8. The second kappa shape index (κ2) is 10.5. The van der Waals surface area contributed by atoms with E-state index in [0.717, 1.165) is 0 Å². The second-order valence-corrected chi connectivity index (χ2v) is 8.62. The zero-order valence-corrected chi connectivity index (χ0v) is 20.3. The van der Waals surface area contributed by atoms with Gasteiger partial charge in [-0.15, -0.1) is 5.10 Å². The number of carboxylic acids is 1. The van der Waals surface area contributed by atoms with E-state index in [9.17, 15) is 13.6 Å². The highest BCUT2D eigenvalue weighted by Crippen LogP contribution is 2.29. The summed E-state index contributed by atoms with van der Waals surface area (Å²) in [5, 5.41) is 16.4. The van der Waals surface area contributed by atoms with Crippen LogP contribution in [0, 0.1) is 11.6 Å². The maximum Gasteiger partial charge on any atom is 0.344 e. The standard InChI is InChI=1S/C23H25F2N9O4/c1-13(20(35)36)38-18-12-16(14(24)11-15(18)25)33-8-6-32(7-9-33)5-4-27-22-29-21(26)34-23(30-22)28-19(31-34)17-3-2-10-37-17/h2-3,10-13H,4-9H2,1H3,(H,35,36)(H3,26,27,28,29,30,31)/t13-/m0/s1. The van der Waals surface area contributed by atoms with Gasteiger partial charge in [0.1, 0.15) is 5.82 Å². The highest BCUT2D eigenvalue weighted by Gasteiger charge is 2.23. The molecule has 0 saturated carbocycles. The van der Waals surface area contributed by atoms with Gasteiger partial charge in [0.25, 0.3) is 5.78 Å². The van der Waals surface area contributed by atoms with Crippen LogP contribution in [0.25, 0.3) is 17.4 Å². The fraction of sp³-hybridized carbons (Fsp3) is 0.348. The van der Waals surface area contributed by atoms with Gasteiger partial charge in [0.05, 0.1) is 12.0 Å². The Bertz CT molecular complexity index is 1440. The Hall–Kier alpha value is -4.53. The van der Waals surface area contributed by atoms with Crippen LogP contribution in [-0.4, -0.2) is 85.9 Å². The number of hydrogen-bond acceptors (Lipinski definition) is 11. The minimum Gasteiger partial charge on any atom is -0.479 e. The van der Waals surface area contributed by atoms with Gasteiger partial charge in [0.15, 0.2) is 23.4 Å². The highest BCUT2D eigenvalue weighted by atomic mass is 19.1. The molecule has 5 rings (SSSR count). The molecule has 1 aliphatic rings. The zero-order valence-electron chi connectivity index (χ0n) is 20.3. The number of aliphatic carboxylic acids is 1. The number of aromatic nitrogens is 5. The number of carbonyl (C=O) groups is 1. The summed E-state index contributed by atoms with van der Waals surface area (Å²) < 4.78 is 40.4. The Morgan fingerprint density at radius 1 is 1.21 bits per heavy atom. The van der Waals surface area contributed by atoms with E-state index in [2.05, 4.69) is 30.3 Å². The lowest BCUT2D eigenvalue weighted by atomic mass is 10.2. The predicted molar refractivity (Wildman–Crippen MR) is 132 cm³/mol. The third-order valence-corrected chi connectivity index (χ3v) is 6.05. The lowest BCUT2D eigenvalue weighted by Gasteiger charge is -2.36. The molecule has 0 spiro atoms. The van der Waals surface area contributed by atoms with Crippen molar-refractivity contribution in [3.05, 3.63) is 42.2 Å². The number of carboxylic acid groups (broad SMARTS) is 1. The number of nitrogens with one attached hydrogen (secondary N) is 1. The molecular formula is C23H25F2N9O4. The predicted octanol–water partition coefficient (Wildman–Crippen LogP) is 1.73. The van der Waals surface area contributed by atoms with Crippen molar-refractivity contribution < 1.29 is 27.8 Å². The molecular weight excluding hydrogens is 504 g/mol. The van der Waals surface area contributed by atoms with Crippen molar-refractivity contribution in [2.75, 3.05) is 55.2 Å². The molecule has 0 amide bonds. The molecule has 1 aromatic carbocycles. The van der Waals surface area contributed by atoms with E-state index in [0.29, 0.717) is 62.9 Å². The van der Waals surface area contributed by atoms with Crippen LogP contribution in [0.2, 0.25) is 0 Å². The number of rotatable bonds is 9. The summed E-state index contributed by atoms with van der Waals surface area (Å²) in [7, 11) is 0. The fourth-order valence-corrected chi connectivity index (χ4v) is 4.02. The molecule has 3 aromatic heterocycles. The van der Waals surface area contributed by atoms with E-state index < -0.39 is 23.7 Å². The minimum atomic E-state index is -1.27. The summed E-state index contributed by atoms with van der Waals surface area (Å²) in [5.74, 6) is -1.69. The molecule has 1 aliphatic heterocycles. The molecule has 0 radical (unpaired) electrons. The van der Waals surface area contributed by atoms with Crippen molar-refractivity contribution in [3.8, 4) is 17.3 Å². The van der Waals surface area contributed by atoms with Gasteiger partial charge in [-0.05, 0) is 19.1 Å². The number of anilines is 3. The Labute approximate surface area is 214 Å². The van der Waals surface area contributed by atoms with Crippen molar-refractivity contribution in [2.24, 2.45) is 0 Å². The monoisotopic (exact) mass is 529 g/mol. The molecule has 0 aliphatic carbocycles. The second-order valence-electron chi connectivity index (χ2n) is 8.62. The van der Waals surface area contributed by atoms with Crippen molar-refractivity contribution in [1.82, 2.24) is 29.5 Å². The Morgan fingerprint density at radius 2 is 2.00 bits per heavy atom. The van der Waals surface area contributed by atoms with Crippen molar-refractivity contribution in [2.45, 2.75) is 13.0 Å². The molecule has 1 fully saturated rings. The topological polar surface area (TPSA) is 160 Å². The van der Waals surface area contributed by atoms with Gasteiger partial charge in [0, 0.05) is 51.4 Å². The molecule has 4 aromatic rings. The van der Waals surface area contributed by atoms with Gasteiger partial charge in [-0.1, -0.05) is 0 Å². The van der Waals surface area contributed by atoms with Gasteiger partial charge in [0.2, 0.25) is 17.7 Å². The maximum atomic E-state index is 14.5. The van der Waals surface area contributed by atoms with Gasteiger partial charge in [-0.25, -0.2) is 13.6 Å². The summed E-state index contributed by atoms with van der Waals surface area (Å²) in [6, 6.07) is 5.38. The molecule has 1 saturated heterocycles. The molecule has 0 bridgehead atoms. The van der Waals surface area contributed by atoms with Crippen molar-refractivity contribution in [3.63, 3.8) is 0 Å². The van der Waals surface area contributed by atoms with E-state index in [1.165, 1.54) is 23.8 Å². The summed E-state index contributed by atoms with van der Waals surface area (Å²) in [6.45, 7) is 4.67. The molecule has 13 nitrogen and oxygen atoms in total. The van der Waals surface area contributed by atoms with Crippen molar-refractivity contribution in [1.29, 1.82) is 0 Å². The number of nitrogens with two attached hydrogens (primary N) is 1. The first-order valence-electron chi connectivity index (χ1n) is 11.8. The highest BCUT2D eigenvalue weighted by molar-refractivity contribution is 5.72. The SMILES string of the molecule is C[C@H](Oc1cc(N2CCN(CCNc3nc(N)n4nc(-c5ccco5)nc4n3)CC2)c(F)cc1F)C(=O)O. The fourth-order valence-electron chi connectivity index (χ4n) is 4.02. The number of piperazine rings is 1. The first-order chi connectivity index (χ1) is 18.3. The van der Waals surface area contributed by atoms with E-state index >= 15 is 0 Å². The largest absolute Gasteiger partial charge is 0.479 e. The lowest BCUT2D eigenvalue weighted by molar-refractivity contribution is -0.144. The average Bonchev–Trinajstić information content (AvgIpc) is 3.57. The molecule has 4 heterocycles. The maximum absolute atomic E-state index is 14.5. The van der Waals surface area contributed by atoms with Crippen LogP contribution in [0.1, 0.15) is 6.92 Å². The van der Waals surface area contributed by atoms with Gasteiger partial charge in [-0.3, -0.25) is 4.90 Å². The number of benzene rings is 1. The molecule has 200 valence electrons. The Balaban J connectivity index is 1.16. The van der Waals surface area contributed by atoms with Crippen molar-refractivity contribution >= 4 is 29.3 Å². The van der Waals surface area contributed by atoms with Gasteiger partial charge >= 0.3 is 5.97 Å². The van der Waals surface area contributed by atoms with Crippen LogP contribution in [0.3, 0.4) is 0 Å². The van der Waals surface area contributed by atoms with E-state index in [4.69, 9.17) is 20.0 Å². The third kappa shape index (κ3) is 5.27. The van der Waals surface area contributed by atoms with Crippen LogP contribution >= 0.6 is 0 Å². The first kappa shape index (κ1) is 25.1. The minimum absolute atomic E-state index is 0.124. The quantitative estimate of drug-likeness (QED) is 0.288. The number of halogens is 2. The summed E-state index contributed by atoms with van der Waals surface area (Å²) in [6.07, 6.45) is 0.253. The molecule has 0 unspecified atom stereocenters. The molecule has 4 N–H and O–H groups in total. The number of nitrogen functional groups attached to an aromatic ring is 1. The first-order valence-corrected chi connectivity index (χ1v) is 11.8. The Kier molecular flexibility index (Phi) is 6.91. The summed E-state index contributed by atoms with van der Waals surface area (Å²) in [5.41, 5.74) is 6.18. The molecule has 38 heavy (non-hydrogen) atoms. The molecule has 15 heteroatoms. The number of fused-ring (bicyclic) bond motifs is 1. The third-order valence-electron chi connectivity index (χ3n) is 6.05. The van der Waals surface area contributed by atoms with Crippen LogP contribution in [-0.2, 0) is 4.79 Å². The summed E-state index contributed by atoms with van der Waals surface area (Å²) in [4.78, 5) is 27.9. The summed E-state index contributed by atoms with van der Waals surface area (Å²) >= 11 is 0. The normalized spacial score (nSPS) is 15.1. The van der Waals surface area contributed by atoms with Crippen LogP contribution < -0.4 is 20.7 Å². The van der Waals surface area contributed by atoms with Crippen LogP contribution in [0.5, 0.6) is 5.75 Å². The smallest absolute Gasteiger partial charge is 0.344 e. The number of furan rings is 1. The number of hydrogen-bond donors (Lipinski definition) is 3. The van der Waals surface area contributed by atoms with Crippen LogP contribution in [0.15, 0.2) is 34.9 Å². The average molecular weight is 530 g/mol. The number of ether oxygens (including phenoxy) is 1. The van der Waals surface area contributed by atoms with E-state index in [-0.39, 0.29) is 23.2 Å². The lowest BCUT2D eigenvalue weighted by Crippen LogP contribution is -2.48. The molecule has 1 atom stereocenters. The van der Waals surface area contributed by atoms with E-state index in [1.807, 2.05) is 0 Å². The number of nitrogens with zero attached hydrogens (tertiary/aromatic N) is 7. The van der Waals surface area contributed by atoms with E-state index in [1.54, 1.807) is 17.0 Å².